The predicted molar refractivity (Wildman–Crippen MR) is 112 cm³/mol. The van der Waals surface area contributed by atoms with Crippen molar-refractivity contribution in [1.82, 2.24) is 14.7 Å². The number of hydrogen-bond donors (Lipinski definition) is 1. The van der Waals surface area contributed by atoms with Crippen molar-refractivity contribution in [3.8, 4) is 11.3 Å². The van der Waals surface area contributed by atoms with E-state index >= 15 is 0 Å². The summed E-state index contributed by atoms with van der Waals surface area (Å²) in [6, 6.07) is 6.45. The lowest BCUT2D eigenvalue weighted by atomic mass is 10.0. The molecule has 31 heavy (non-hydrogen) atoms. The summed E-state index contributed by atoms with van der Waals surface area (Å²) < 4.78 is 32.6. The van der Waals surface area contributed by atoms with Gasteiger partial charge in [-0.1, -0.05) is 18.2 Å². The molecule has 0 bridgehead atoms. The largest absolute Gasteiger partial charge is 0.476 e. The van der Waals surface area contributed by atoms with Crippen LogP contribution in [-0.2, 0) is 20.3 Å². The molecule has 2 aromatic rings. The second-order valence-electron chi connectivity index (χ2n) is 8.88. The van der Waals surface area contributed by atoms with Gasteiger partial charge >= 0.3 is 12.1 Å². The van der Waals surface area contributed by atoms with Crippen molar-refractivity contribution in [3.63, 3.8) is 0 Å². The van der Waals surface area contributed by atoms with E-state index in [0.29, 0.717) is 37.2 Å². The van der Waals surface area contributed by atoms with Crippen molar-refractivity contribution in [1.29, 1.82) is 0 Å². The molecule has 1 fully saturated rings. The van der Waals surface area contributed by atoms with Crippen molar-refractivity contribution in [2.24, 2.45) is 0 Å². The van der Waals surface area contributed by atoms with Crippen molar-refractivity contribution in [2.75, 3.05) is 13.1 Å². The van der Waals surface area contributed by atoms with Crippen LogP contribution in [-0.4, -0.2) is 59.0 Å². The predicted octanol–water partition coefficient (Wildman–Crippen LogP) is 3.11. The number of aromatic nitrogens is 2. The fourth-order valence-corrected chi connectivity index (χ4v) is 5.74. The van der Waals surface area contributed by atoms with Crippen LogP contribution < -0.4 is 0 Å². The number of likely N-dealkylation sites (tertiary alicyclic amines) is 1. The van der Waals surface area contributed by atoms with Crippen LogP contribution in [0, 0.1) is 0 Å². The number of benzene rings is 1. The molecule has 1 aromatic heterocycles. The Morgan fingerprint density at radius 3 is 2.42 bits per heavy atom. The fourth-order valence-electron chi connectivity index (χ4n) is 4.15. The zero-order chi connectivity index (χ0) is 22.6. The molecule has 0 spiro atoms. The van der Waals surface area contributed by atoms with E-state index < -0.39 is 27.2 Å². The molecule has 0 unspecified atom stereocenters. The molecule has 166 valence electrons. The smallest absolute Gasteiger partial charge is 0.410 e. The van der Waals surface area contributed by atoms with E-state index in [1.807, 2.05) is 20.8 Å². The van der Waals surface area contributed by atoms with Crippen molar-refractivity contribution < 1.29 is 27.9 Å². The van der Waals surface area contributed by atoms with Gasteiger partial charge in [-0.2, -0.15) is 5.10 Å². The first-order valence-electron chi connectivity index (χ1n) is 10.1. The summed E-state index contributed by atoms with van der Waals surface area (Å²) in [5.41, 5.74) is 0.418. The maximum absolute atomic E-state index is 12.7. The first-order chi connectivity index (χ1) is 14.5. The zero-order valence-corrected chi connectivity index (χ0v) is 18.5. The van der Waals surface area contributed by atoms with Crippen LogP contribution in [0.2, 0.25) is 0 Å². The highest BCUT2D eigenvalue weighted by molar-refractivity contribution is 7.90. The van der Waals surface area contributed by atoms with Gasteiger partial charge in [-0.3, -0.25) is 4.68 Å². The van der Waals surface area contributed by atoms with Gasteiger partial charge in [0, 0.05) is 24.2 Å². The molecule has 1 aromatic carbocycles. The lowest BCUT2D eigenvalue weighted by molar-refractivity contribution is 0.0185. The maximum Gasteiger partial charge on any atom is 0.410 e. The highest BCUT2D eigenvalue weighted by Gasteiger charge is 2.38. The van der Waals surface area contributed by atoms with Crippen LogP contribution >= 0.6 is 0 Å². The van der Waals surface area contributed by atoms with Gasteiger partial charge in [0.05, 0.1) is 22.4 Å². The third kappa shape index (κ3) is 3.91. The molecule has 3 heterocycles. The third-order valence-corrected chi connectivity index (χ3v) is 7.18. The van der Waals surface area contributed by atoms with Crippen LogP contribution in [0.15, 0.2) is 29.2 Å². The van der Waals surface area contributed by atoms with Crippen molar-refractivity contribution >= 4 is 21.9 Å². The number of amides is 1. The van der Waals surface area contributed by atoms with Crippen LogP contribution in [0.1, 0.15) is 55.7 Å². The van der Waals surface area contributed by atoms with Crippen LogP contribution in [0.4, 0.5) is 4.79 Å². The van der Waals surface area contributed by atoms with Gasteiger partial charge in [0.1, 0.15) is 5.60 Å². The Kier molecular flexibility index (Phi) is 5.07. The fraction of sp³-hybridized carbons (Fsp3) is 0.476. The normalized spacial score (nSPS) is 18.2. The number of carboxylic acid groups (broad SMARTS) is 1. The quantitative estimate of drug-likeness (QED) is 0.751. The Labute approximate surface area is 180 Å². The van der Waals surface area contributed by atoms with E-state index in [2.05, 4.69) is 5.10 Å². The molecule has 1 amide bonds. The Balaban J connectivity index is 1.68. The van der Waals surface area contributed by atoms with Gasteiger partial charge in [-0.25, -0.2) is 18.0 Å². The van der Waals surface area contributed by atoms with E-state index in [1.165, 1.54) is 6.07 Å². The molecule has 2 aliphatic rings. The molecule has 10 heteroatoms. The minimum Gasteiger partial charge on any atom is -0.476 e. The summed E-state index contributed by atoms with van der Waals surface area (Å²) in [7, 11) is -3.65. The number of carbonyl (C=O) groups excluding carboxylic acids is 1. The van der Waals surface area contributed by atoms with Gasteiger partial charge < -0.3 is 14.7 Å². The van der Waals surface area contributed by atoms with E-state index in [1.54, 1.807) is 27.8 Å². The topological polar surface area (TPSA) is 119 Å². The molecule has 4 rings (SSSR count). The Hall–Kier alpha value is -2.88. The molecular formula is C21H25N3O6S. The molecular weight excluding hydrogens is 422 g/mol. The Bertz CT molecular complexity index is 1150. The molecule has 9 nitrogen and oxygen atoms in total. The number of fused-ring (bicyclic) bond motifs is 3. The van der Waals surface area contributed by atoms with E-state index in [9.17, 15) is 23.1 Å². The average molecular weight is 448 g/mol. The van der Waals surface area contributed by atoms with E-state index in [4.69, 9.17) is 4.74 Å². The SMILES string of the molecule is CC(C)(C)OC(=O)N1CCC(n2nc(C(=O)O)c3c2-c2ccccc2S(=O)(=O)C3)CC1. The summed E-state index contributed by atoms with van der Waals surface area (Å²) >= 11 is 0. The van der Waals surface area contributed by atoms with Gasteiger partial charge in [0.2, 0.25) is 0 Å². The first kappa shape index (κ1) is 21.4. The zero-order valence-electron chi connectivity index (χ0n) is 17.7. The monoisotopic (exact) mass is 447 g/mol. The number of aromatic carboxylic acids is 1. The van der Waals surface area contributed by atoms with Crippen LogP contribution in [0.3, 0.4) is 0 Å². The molecule has 0 aliphatic carbocycles. The highest BCUT2D eigenvalue weighted by atomic mass is 32.2. The summed E-state index contributed by atoms with van der Waals surface area (Å²) in [4.78, 5) is 26.0. The molecule has 0 saturated carbocycles. The van der Waals surface area contributed by atoms with Crippen molar-refractivity contribution in [3.05, 3.63) is 35.5 Å². The van der Waals surface area contributed by atoms with Crippen LogP contribution in [0.5, 0.6) is 0 Å². The summed E-state index contributed by atoms with van der Waals surface area (Å²) in [6.45, 7) is 6.32. The number of carbonyl (C=O) groups is 2. The number of sulfone groups is 1. The van der Waals surface area contributed by atoms with Crippen LogP contribution in [0.25, 0.3) is 11.3 Å². The van der Waals surface area contributed by atoms with E-state index in [0.717, 1.165) is 0 Å². The lowest BCUT2D eigenvalue weighted by Gasteiger charge is -2.34. The molecule has 2 aliphatic heterocycles. The number of ether oxygens (including phenoxy) is 1. The van der Waals surface area contributed by atoms with Gasteiger partial charge in [-0.15, -0.1) is 0 Å². The minimum atomic E-state index is -3.65. The number of rotatable bonds is 2. The summed E-state index contributed by atoms with van der Waals surface area (Å²) in [5, 5.41) is 14.0. The highest BCUT2D eigenvalue weighted by Crippen LogP contribution is 2.41. The third-order valence-electron chi connectivity index (χ3n) is 5.48. The molecule has 0 atom stereocenters. The number of carboxylic acids is 1. The minimum absolute atomic E-state index is 0.158. The van der Waals surface area contributed by atoms with Gasteiger partial charge in [-0.05, 0) is 39.7 Å². The summed E-state index contributed by atoms with van der Waals surface area (Å²) in [5.74, 6) is -1.65. The number of hydrogen-bond acceptors (Lipinski definition) is 6. The molecule has 1 N–H and O–H groups in total. The Morgan fingerprint density at radius 2 is 1.81 bits per heavy atom. The standard InChI is InChI=1S/C21H25N3O6S/c1-21(2,3)30-20(27)23-10-8-13(9-11-23)24-18-14-6-4-5-7-16(14)31(28,29)12-15(18)17(22-24)19(25)26/h4-7,13H,8-12H2,1-3H3,(H,25,26). The second-order valence-corrected chi connectivity index (χ2v) is 10.8. The second kappa shape index (κ2) is 7.37. The number of nitrogens with zero attached hydrogens (tertiary/aromatic N) is 3. The maximum atomic E-state index is 12.7. The van der Waals surface area contributed by atoms with E-state index in [-0.39, 0.29) is 28.3 Å². The number of piperidine rings is 1. The molecule has 1 saturated heterocycles. The first-order valence-corrected chi connectivity index (χ1v) is 11.8. The molecule has 0 radical (unpaired) electrons. The lowest BCUT2D eigenvalue weighted by Crippen LogP contribution is -2.42. The Morgan fingerprint density at radius 1 is 1.16 bits per heavy atom. The van der Waals surface area contributed by atoms with Gasteiger partial charge in [0.25, 0.3) is 0 Å². The average Bonchev–Trinajstić information content (AvgIpc) is 3.06. The van der Waals surface area contributed by atoms with Crippen molar-refractivity contribution in [2.45, 2.75) is 55.9 Å². The summed E-state index contributed by atoms with van der Waals surface area (Å²) in [6.07, 6.45) is 0.735. The van der Waals surface area contributed by atoms with Gasteiger partial charge in [0.15, 0.2) is 15.5 Å².